The highest BCUT2D eigenvalue weighted by Crippen LogP contribution is 2.62. The first-order valence-corrected chi connectivity index (χ1v) is 15.1. The summed E-state index contributed by atoms with van der Waals surface area (Å²) in [6.45, 7) is 15.0. The summed E-state index contributed by atoms with van der Waals surface area (Å²) >= 11 is 0. The van der Waals surface area contributed by atoms with Crippen molar-refractivity contribution >= 4 is 16.1 Å². The molecule has 0 radical (unpaired) electrons. The van der Waals surface area contributed by atoms with E-state index >= 15 is 0 Å². The number of carbonyl (C=O) groups is 1. The number of hydrogen-bond donors (Lipinski definition) is 0. The predicted molar refractivity (Wildman–Crippen MR) is 142 cm³/mol. The van der Waals surface area contributed by atoms with Crippen molar-refractivity contribution in [3.8, 4) is 0 Å². The summed E-state index contributed by atoms with van der Waals surface area (Å²) in [5.74, 6) is 1.26. The minimum Gasteiger partial charge on any atom is -0.462 e. The van der Waals surface area contributed by atoms with Crippen molar-refractivity contribution in [2.24, 2.45) is 34.5 Å². The minimum absolute atomic E-state index is 0.0329. The van der Waals surface area contributed by atoms with Crippen LogP contribution in [-0.2, 0) is 23.8 Å². The minimum atomic E-state index is -3.79. The monoisotopic (exact) mass is 516 g/mol. The molecule has 7 atom stereocenters. The van der Waals surface area contributed by atoms with Crippen LogP contribution in [0.15, 0.2) is 41.3 Å². The van der Waals surface area contributed by atoms with Crippen molar-refractivity contribution in [1.29, 1.82) is 0 Å². The molecule has 0 amide bonds. The highest BCUT2D eigenvalue weighted by atomic mass is 32.2. The number of rotatable bonds is 7. The predicted octanol–water partition coefficient (Wildman–Crippen LogP) is 6.85. The molecule has 3 fully saturated rings. The summed E-state index contributed by atoms with van der Waals surface area (Å²) in [4.78, 5) is 12.5. The van der Waals surface area contributed by atoms with Gasteiger partial charge in [0, 0.05) is 18.8 Å². The lowest BCUT2D eigenvalue weighted by molar-refractivity contribution is -0.172. The van der Waals surface area contributed by atoms with Crippen molar-refractivity contribution in [2.45, 2.75) is 97.0 Å². The molecule has 0 aliphatic heterocycles. The number of aryl methyl sites for hydroxylation is 1. The van der Waals surface area contributed by atoms with E-state index < -0.39 is 10.1 Å². The van der Waals surface area contributed by atoms with E-state index in [0.29, 0.717) is 24.2 Å². The molecule has 5 nitrogen and oxygen atoms in total. The van der Waals surface area contributed by atoms with Crippen molar-refractivity contribution in [1.82, 2.24) is 0 Å². The van der Waals surface area contributed by atoms with E-state index in [1.54, 1.807) is 24.3 Å². The van der Waals surface area contributed by atoms with E-state index in [1.807, 2.05) is 6.92 Å². The van der Waals surface area contributed by atoms with Crippen LogP contribution in [0, 0.1) is 41.4 Å². The van der Waals surface area contributed by atoms with Gasteiger partial charge in [0.15, 0.2) is 0 Å². The maximum absolute atomic E-state index is 12.8. The smallest absolute Gasteiger partial charge is 0.302 e. The zero-order chi connectivity index (χ0) is 26.3. The maximum atomic E-state index is 12.8. The number of allylic oxidation sites excluding steroid dienone is 1. The second-order valence-electron chi connectivity index (χ2n) is 12.3. The normalized spacial score (nSPS) is 36.9. The second kappa shape index (κ2) is 10.2. The number of carbonyl (C=O) groups excluding carboxylic acids is 1. The Morgan fingerprint density at radius 3 is 2.44 bits per heavy atom. The zero-order valence-electron chi connectivity index (χ0n) is 22.7. The Kier molecular flexibility index (Phi) is 7.79. The van der Waals surface area contributed by atoms with Gasteiger partial charge in [-0.3, -0.25) is 8.98 Å². The second-order valence-corrected chi connectivity index (χ2v) is 14.0. The molecular formula is C30H44O5S. The lowest BCUT2D eigenvalue weighted by Crippen LogP contribution is -2.53. The average Bonchev–Trinajstić information content (AvgIpc) is 3.11. The van der Waals surface area contributed by atoms with Crippen molar-refractivity contribution in [3.63, 3.8) is 0 Å². The average molecular weight is 517 g/mol. The number of ether oxygens (including phenoxy) is 1. The molecule has 1 aromatic carbocycles. The molecule has 0 bridgehead atoms. The van der Waals surface area contributed by atoms with E-state index in [2.05, 4.69) is 27.4 Å². The fraction of sp³-hybridized carbons (Fsp3) is 0.700. The summed E-state index contributed by atoms with van der Waals surface area (Å²) in [5.41, 5.74) is 2.32. The first-order valence-electron chi connectivity index (χ1n) is 13.7. The van der Waals surface area contributed by atoms with Crippen molar-refractivity contribution < 1.29 is 22.1 Å². The van der Waals surface area contributed by atoms with Crippen LogP contribution in [0.3, 0.4) is 0 Å². The third-order valence-electron chi connectivity index (χ3n) is 10.1. The van der Waals surface area contributed by atoms with Crippen LogP contribution < -0.4 is 0 Å². The summed E-state index contributed by atoms with van der Waals surface area (Å²) < 4.78 is 37.3. The zero-order valence-corrected chi connectivity index (χ0v) is 23.5. The molecule has 0 N–H and O–H groups in total. The molecule has 0 heterocycles. The van der Waals surface area contributed by atoms with Gasteiger partial charge < -0.3 is 4.74 Å². The van der Waals surface area contributed by atoms with E-state index in [1.165, 1.54) is 12.5 Å². The van der Waals surface area contributed by atoms with Crippen molar-refractivity contribution in [2.75, 3.05) is 6.61 Å². The molecule has 6 heteroatoms. The Morgan fingerprint density at radius 2 is 1.78 bits per heavy atom. The standard InChI is InChI=1S/C30H44O5S/c1-20-7-10-25(11-8-20)36(32,33)34-18-15-24-19-21(2)13-16-30(24,6)27-14-17-29(5)22(3)9-12-26(29)28(27)35-23(4)31/h7-8,10-11,21,24,26-28H,3,9,12-19H2,1-2,4-6H3/t21-,24-,26-,27-,28-,29+,30-/m0/s1. The molecular weight excluding hydrogens is 472 g/mol. The lowest BCUT2D eigenvalue weighted by Gasteiger charge is -2.56. The SMILES string of the molecule is C=C1CC[C@H]2[C@H](OC(C)=O)[C@@H]([C@@]3(C)CC[C@H](C)C[C@@H]3CCOS(=O)(=O)c3ccc(C)cc3)CC[C@]12C. The fourth-order valence-corrected chi connectivity index (χ4v) is 8.61. The molecule has 3 aliphatic rings. The third kappa shape index (κ3) is 5.18. The Bertz CT molecular complexity index is 1080. The quantitative estimate of drug-likeness (QED) is 0.225. The van der Waals surface area contributed by atoms with Gasteiger partial charge in [-0.15, -0.1) is 0 Å². The highest BCUT2D eigenvalue weighted by Gasteiger charge is 2.58. The summed E-state index contributed by atoms with van der Waals surface area (Å²) in [6, 6.07) is 6.80. The van der Waals surface area contributed by atoms with Crippen molar-refractivity contribution in [3.05, 3.63) is 42.0 Å². The van der Waals surface area contributed by atoms with Crippen LogP contribution in [0.2, 0.25) is 0 Å². The van der Waals surface area contributed by atoms with Gasteiger partial charge in [-0.1, -0.05) is 57.0 Å². The Morgan fingerprint density at radius 1 is 1.08 bits per heavy atom. The van der Waals surface area contributed by atoms with Gasteiger partial charge in [0.05, 0.1) is 11.5 Å². The summed E-state index contributed by atoms with van der Waals surface area (Å²) in [6.07, 6.45) is 7.95. The molecule has 3 aliphatic carbocycles. The first-order chi connectivity index (χ1) is 16.9. The first kappa shape index (κ1) is 27.4. The van der Waals surface area contributed by atoms with Crippen LogP contribution in [0.5, 0.6) is 0 Å². The van der Waals surface area contributed by atoms with E-state index in [0.717, 1.165) is 50.5 Å². The summed E-state index contributed by atoms with van der Waals surface area (Å²) in [5, 5.41) is 0. The molecule has 0 aromatic heterocycles. The van der Waals surface area contributed by atoms with Gasteiger partial charge in [-0.2, -0.15) is 8.42 Å². The Hall–Kier alpha value is -1.66. The largest absolute Gasteiger partial charge is 0.462 e. The van der Waals surface area contributed by atoms with Crippen LogP contribution in [0.1, 0.15) is 84.6 Å². The molecule has 0 unspecified atom stereocenters. The molecule has 4 rings (SSSR count). The van der Waals surface area contributed by atoms with E-state index in [4.69, 9.17) is 8.92 Å². The van der Waals surface area contributed by atoms with Gasteiger partial charge in [0.2, 0.25) is 0 Å². The Balaban J connectivity index is 1.54. The van der Waals surface area contributed by atoms with E-state index in [-0.39, 0.29) is 40.3 Å². The van der Waals surface area contributed by atoms with Crippen LogP contribution in [0.25, 0.3) is 0 Å². The molecule has 200 valence electrons. The highest BCUT2D eigenvalue weighted by molar-refractivity contribution is 7.86. The van der Waals surface area contributed by atoms with Gasteiger partial charge in [0.25, 0.3) is 10.1 Å². The fourth-order valence-electron chi connectivity index (χ4n) is 7.69. The maximum Gasteiger partial charge on any atom is 0.302 e. The van der Waals surface area contributed by atoms with E-state index in [9.17, 15) is 13.2 Å². The van der Waals surface area contributed by atoms with Crippen LogP contribution >= 0.6 is 0 Å². The van der Waals surface area contributed by atoms with Crippen LogP contribution in [0.4, 0.5) is 0 Å². The van der Waals surface area contributed by atoms with Gasteiger partial charge in [-0.05, 0) is 86.7 Å². The van der Waals surface area contributed by atoms with Crippen LogP contribution in [-0.4, -0.2) is 27.1 Å². The Labute approximate surface area is 218 Å². The summed E-state index contributed by atoms with van der Waals surface area (Å²) in [7, 11) is -3.79. The molecule has 0 spiro atoms. The lowest BCUT2D eigenvalue weighted by atomic mass is 9.51. The molecule has 1 aromatic rings. The number of fused-ring (bicyclic) bond motifs is 1. The number of benzene rings is 1. The number of esters is 1. The van der Waals surface area contributed by atoms with Gasteiger partial charge in [0.1, 0.15) is 6.10 Å². The topological polar surface area (TPSA) is 69.7 Å². The molecule has 36 heavy (non-hydrogen) atoms. The molecule has 3 saturated carbocycles. The third-order valence-corrected chi connectivity index (χ3v) is 11.4. The van der Waals surface area contributed by atoms with Gasteiger partial charge in [-0.25, -0.2) is 0 Å². The number of hydrogen-bond acceptors (Lipinski definition) is 5. The molecule has 0 saturated heterocycles. The van der Waals surface area contributed by atoms with Gasteiger partial charge >= 0.3 is 5.97 Å².